The smallest absolute Gasteiger partial charge is 0.126 e. The molecule has 0 aliphatic carbocycles. The maximum atomic E-state index is 9.63. The molecule has 0 bridgehead atoms. The third kappa shape index (κ3) is 3.29. The van der Waals surface area contributed by atoms with E-state index in [-0.39, 0.29) is 12.4 Å². The summed E-state index contributed by atoms with van der Waals surface area (Å²) in [6.45, 7) is 4.08. The number of hydrogen-bond donors (Lipinski definition) is 2. The fraction of sp³-hybridized carbons (Fsp3) is 0.333. The Balaban J connectivity index is 2.82. The Hall–Kier alpha value is -1.48. The highest BCUT2D eigenvalue weighted by atomic mass is 16.5. The van der Waals surface area contributed by atoms with Crippen molar-refractivity contribution in [2.24, 2.45) is 0 Å². The first kappa shape index (κ1) is 11.6. The Bertz CT molecular complexity index is 321. The Kier molecular flexibility index (Phi) is 4.71. The minimum absolute atomic E-state index is 0.106. The normalized spacial score (nSPS) is 9.93. The Morgan fingerprint density at radius 1 is 1.40 bits per heavy atom. The summed E-state index contributed by atoms with van der Waals surface area (Å²) in [4.78, 5) is 0. The van der Waals surface area contributed by atoms with Crippen molar-refractivity contribution in [2.75, 3.05) is 13.2 Å². The molecule has 0 spiro atoms. The van der Waals surface area contributed by atoms with Crippen LogP contribution in [-0.4, -0.2) is 23.4 Å². The van der Waals surface area contributed by atoms with Crippen LogP contribution >= 0.6 is 0 Å². The molecule has 0 saturated heterocycles. The molecule has 0 unspecified atom stereocenters. The van der Waals surface area contributed by atoms with Crippen LogP contribution in [0.4, 0.5) is 0 Å². The zero-order valence-corrected chi connectivity index (χ0v) is 8.65. The standard InChI is InChI=1S/C12H16O3/c1-2-9-15-12-7-3-6-11(14)10(12)5-4-8-13/h2-3,6-7,13-14H,1,4-5,8-9H2. The molecule has 3 nitrogen and oxygen atoms in total. The summed E-state index contributed by atoms with van der Waals surface area (Å²) in [5.74, 6) is 0.869. The molecule has 0 atom stereocenters. The van der Waals surface area contributed by atoms with Crippen molar-refractivity contribution in [2.45, 2.75) is 12.8 Å². The van der Waals surface area contributed by atoms with Crippen molar-refractivity contribution >= 4 is 0 Å². The van der Waals surface area contributed by atoms with Gasteiger partial charge in [0.15, 0.2) is 0 Å². The van der Waals surface area contributed by atoms with Gasteiger partial charge in [-0.25, -0.2) is 0 Å². The van der Waals surface area contributed by atoms with Crippen LogP contribution in [0.2, 0.25) is 0 Å². The average Bonchev–Trinajstić information content (AvgIpc) is 2.25. The molecule has 3 heteroatoms. The van der Waals surface area contributed by atoms with E-state index in [1.807, 2.05) is 0 Å². The van der Waals surface area contributed by atoms with E-state index in [2.05, 4.69) is 6.58 Å². The van der Waals surface area contributed by atoms with Crippen molar-refractivity contribution in [1.29, 1.82) is 0 Å². The fourth-order valence-corrected chi connectivity index (χ4v) is 1.35. The van der Waals surface area contributed by atoms with Gasteiger partial charge in [0.2, 0.25) is 0 Å². The van der Waals surface area contributed by atoms with Crippen LogP contribution < -0.4 is 4.74 Å². The molecule has 0 radical (unpaired) electrons. The molecule has 0 saturated carbocycles. The summed E-state index contributed by atoms with van der Waals surface area (Å²) in [5, 5.41) is 18.4. The van der Waals surface area contributed by atoms with Crippen LogP contribution in [0.15, 0.2) is 30.9 Å². The molecular formula is C12H16O3. The average molecular weight is 208 g/mol. The van der Waals surface area contributed by atoms with E-state index in [0.29, 0.717) is 25.2 Å². The van der Waals surface area contributed by atoms with Gasteiger partial charge in [-0.15, -0.1) is 0 Å². The van der Waals surface area contributed by atoms with Crippen LogP contribution in [0.25, 0.3) is 0 Å². The van der Waals surface area contributed by atoms with E-state index in [0.717, 1.165) is 5.56 Å². The third-order valence-corrected chi connectivity index (χ3v) is 2.05. The molecule has 15 heavy (non-hydrogen) atoms. The summed E-state index contributed by atoms with van der Waals surface area (Å²) < 4.78 is 5.40. The Morgan fingerprint density at radius 2 is 2.20 bits per heavy atom. The molecule has 0 amide bonds. The maximum absolute atomic E-state index is 9.63. The van der Waals surface area contributed by atoms with Gasteiger partial charge >= 0.3 is 0 Å². The van der Waals surface area contributed by atoms with Gasteiger partial charge < -0.3 is 14.9 Å². The fourth-order valence-electron chi connectivity index (χ4n) is 1.35. The quantitative estimate of drug-likeness (QED) is 0.702. The molecule has 1 aromatic rings. The second-order valence-electron chi connectivity index (χ2n) is 3.18. The molecular weight excluding hydrogens is 192 g/mol. The lowest BCUT2D eigenvalue weighted by atomic mass is 10.1. The SMILES string of the molecule is C=CCOc1cccc(O)c1CCCO. The minimum atomic E-state index is 0.106. The molecule has 1 aromatic carbocycles. The topological polar surface area (TPSA) is 49.7 Å². The third-order valence-electron chi connectivity index (χ3n) is 2.05. The Morgan fingerprint density at radius 3 is 2.87 bits per heavy atom. The highest BCUT2D eigenvalue weighted by Crippen LogP contribution is 2.28. The van der Waals surface area contributed by atoms with E-state index < -0.39 is 0 Å². The second-order valence-corrected chi connectivity index (χ2v) is 3.18. The number of aliphatic hydroxyl groups excluding tert-OH is 1. The predicted octanol–water partition coefficient (Wildman–Crippen LogP) is 1.88. The molecule has 2 N–H and O–H groups in total. The largest absolute Gasteiger partial charge is 0.508 e. The molecule has 1 rings (SSSR count). The zero-order chi connectivity index (χ0) is 11.1. The number of phenols is 1. The van der Waals surface area contributed by atoms with Gasteiger partial charge in [0.1, 0.15) is 18.1 Å². The monoisotopic (exact) mass is 208 g/mol. The van der Waals surface area contributed by atoms with Gasteiger partial charge in [-0.3, -0.25) is 0 Å². The van der Waals surface area contributed by atoms with Crippen molar-refractivity contribution in [1.82, 2.24) is 0 Å². The minimum Gasteiger partial charge on any atom is -0.508 e. The van der Waals surface area contributed by atoms with Gasteiger partial charge in [0.25, 0.3) is 0 Å². The van der Waals surface area contributed by atoms with Crippen molar-refractivity contribution in [3.63, 3.8) is 0 Å². The first-order chi connectivity index (χ1) is 7.29. The van der Waals surface area contributed by atoms with Gasteiger partial charge in [-0.2, -0.15) is 0 Å². The van der Waals surface area contributed by atoms with Gasteiger partial charge in [-0.05, 0) is 25.0 Å². The summed E-state index contributed by atoms with van der Waals surface area (Å²) >= 11 is 0. The molecule has 82 valence electrons. The first-order valence-electron chi connectivity index (χ1n) is 4.95. The molecule has 0 aliphatic heterocycles. The second kappa shape index (κ2) is 6.09. The van der Waals surface area contributed by atoms with Crippen LogP contribution in [0, 0.1) is 0 Å². The van der Waals surface area contributed by atoms with E-state index in [9.17, 15) is 5.11 Å². The van der Waals surface area contributed by atoms with Crippen LogP contribution in [0.1, 0.15) is 12.0 Å². The van der Waals surface area contributed by atoms with E-state index in [1.54, 1.807) is 24.3 Å². The van der Waals surface area contributed by atoms with Gasteiger partial charge in [0.05, 0.1) is 0 Å². The zero-order valence-electron chi connectivity index (χ0n) is 8.65. The molecule has 0 aliphatic rings. The van der Waals surface area contributed by atoms with Crippen molar-refractivity contribution in [3.05, 3.63) is 36.4 Å². The molecule has 0 heterocycles. The van der Waals surface area contributed by atoms with Gasteiger partial charge in [-0.1, -0.05) is 18.7 Å². The van der Waals surface area contributed by atoms with E-state index in [4.69, 9.17) is 9.84 Å². The number of hydrogen-bond acceptors (Lipinski definition) is 3. The van der Waals surface area contributed by atoms with Crippen molar-refractivity contribution < 1.29 is 14.9 Å². The number of ether oxygens (including phenoxy) is 1. The summed E-state index contributed by atoms with van der Waals surface area (Å²) in [6.07, 6.45) is 2.87. The van der Waals surface area contributed by atoms with E-state index in [1.165, 1.54) is 0 Å². The molecule has 0 fully saturated rings. The number of benzene rings is 1. The summed E-state index contributed by atoms with van der Waals surface area (Å²) in [7, 11) is 0. The van der Waals surface area contributed by atoms with Gasteiger partial charge in [0, 0.05) is 12.2 Å². The predicted molar refractivity (Wildman–Crippen MR) is 59.2 cm³/mol. The number of phenolic OH excluding ortho intramolecular Hbond substituents is 1. The van der Waals surface area contributed by atoms with Crippen LogP contribution in [0.5, 0.6) is 11.5 Å². The number of aliphatic hydroxyl groups is 1. The molecule has 0 aromatic heterocycles. The lowest BCUT2D eigenvalue weighted by Crippen LogP contribution is -1.99. The maximum Gasteiger partial charge on any atom is 0.126 e. The summed E-state index contributed by atoms with van der Waals surface area (Å²) in [6, 6.07) is 5.15. The number of rotatable bonds is 6. The number of aromatic hydroxyl groups is 1. The van der Waals surface area contributed by atoms with Crippen molar-refractivity contribution in [3.8, 4) is 11.5 Å². The first-order valence-corrected chi connectivity index (χ1v) is 4.95. The Labute approximate surface area is 89.6 Å². The lowest BCUT2D eigenvalue weighted by Gasteiger charge is -2.11. The van der Waals surface area contributed by atoms with Crippen LogP contribution in [-0.2, 0) is 6.42 Å². The lowest BCUT2D eigenvalue weighted by molar-refractivity contribution is 0.286. The highest BCUT2D eigenvalue weighted by molar-refractivity contribution is 5.44. The summed E-state index contributed by atoms with van der Waals surface area (Å²) in [5.41, 5.74) is 0.744. The van der Waals surface area contributed by atoms with Crippen LogP contribution in [0.3, 0.4) is 0 Å². The highest BCUT2D eigenvalue weighted by Gasteiger charge is 2.07. The van der Waals surface area contributed by atoms with E-state index >= 15 is 0 Å².